The summed E-state index contributed by atoms with van der Waals surface area (Å²) in [6.45, 7) is 3.94. The van der Waals surface area contributed by atoms with Crippen molar-refractivity contribution in [3.63, 3.8) is 0 Å². The van der Waals surface area contributed by atoms with Crippen molar-refractivity contribution >= 4 is 10.9 Å². The van der Waals surface area contributed by atoms with E-state index in [0.717, 1.165) is 29.4 Å². The molecule has 0 aliphatic carbocycles. The molecule has 1 aliphatic heterocycles. The first kappa shape index (κ1) is 14.3. The number of fused-ring (bicyclic) bond motifs is 1. The van der Waals surface area contributed by atoms with Crippen LogP contribution in [0.5, 0.6) is 0 Å². The zero-order valence-corrected chi connectivity index (χ0v) is 12.9. The van der Waals surface area contributed by atoms with Crippen molar-refractivity contribution in [2.75, 3.05) is 13.6 Å². The van der Waals surface area contributed by atoms with Crippen LogP contribution in [0.15, 0.2) is 29.3 Å². The molecule has 1 aliphatic rings. The van der Waals surface area contributed by atoms with E-state index >= 15 is 0 Å². The molecule has 4 heteroatoms. The fourth-order valence-electron chi connectivity index (χ4n) is 3.23. The Kier molecular flexibility index (Phi) is 4.06. The minimum Gasteiger partial charge on any atom is -0.303 e. The van der Waals surface area contributed by atoms with Crippen LogP contribution >= 0.6 is 0 Å². The normalized spacial score (nSPS) is 20.0. The predicted octanol–water partition coefficient (Wildman–Crippen LogP) is 2.58. The minimum absolute atomic E-state index is 0.0853. The van der Waals surface area contributed by atoms with Gasteiger partial charge in [-0.3, -0.25) is 9.36 Å². The molecule has 1 unspecified atom stereocenters. The van der Waals surface area contributed by atoms with Gasteiger partial charge in [-0.05, 0) is 51.9 Å². The number of rotatable bonds is 3. The molecule has 0 spiro atoms. The standard InChI is InChI=1S/C17H23N3O/c1-13-6-7-16-15(11-13)17(21)20(12-18-16)10-8-14-5-3-4-9-19(14)2/h6-7,11-12,14H,3-5,8-10H2,1-2H3. The monoisotopic (exact) mass is 285 g/mol. The molecule has 1 atom stereocenters. The van der Waals surface area contributed by atoms with Crippen molar-refractivity contribution in [1.29, 1.82) is 0 Å². The topological polar surface area (TPSA) is 38.1 Å². The van der Waals surface area contributed by atoms with Crippen molar-refractivity contribution in [2.45, 2.75) is 45.2 Å². The van der Waals surface area contributed by atoms with E-state index in [4.69, 9.17) is 0 Å². The summed E-state index contributed by atoms with van der Waals surface area (Å²) in [6, 6.07) is 6.45. The van der Waals surface area contributed by atoms with Crippen LogP contribution in [0.2, 0.25) is 0 Å². The number of hydrogen-bond donors (Lipinski definition) is 0. The van der Waals surface area contributed by atoms with Crippen LogP contribution in [0.4, 0.5) is 0 Å². The molecule has 1 aromatic carbocycles. The average molecular weight is 285 g/mol. The molecule has 0 amide bonds. The Bertz CT molecular complexity index is 692. The second-order valence-corrected chi connectivity index (χ2v) is 6.18. The van der Waals surface area contributed by atoms with Crippen LogP contribution in [0.1, 0.15) is 31.2 Å². The third kappa shape index (κ3) is 3.00. The molecule has 2 aromatic rings. The molecule has 1 fully saturated rings. The highest BCUT2D eigenvalue weighted by Crippen LogP contribution is 2.18. The van der Waals surface area contributed by atoms with Gasteiger partial charge in [0.2, 0.25) is 0 Å². The number of nitrogens with zero attached hydrogens (tertiary/aromatic N) is 3. The van der Waals surface area contributed by atoms with E-state index in [-0.39, 0.29) is 5.56 Å². The number of likely N-dealkylation sites (tertiary alicyclic amines) is 1. The summed E-state index contributed by atoms with van der Waals surface area (Å²) >= 11 is 0. The number of hydrogen-bond acceptors (Lipinski definition) is 3. The van der Waals surface area contributed by atoms with Gasteiger partial charge < -0.3 is 4.90 Å². The molecule has 0 bridgehead atoms. The van der Waals surface area contributed by atoms with Crippen LogP contribution < -0.4 is 5.56 Å². The molecule has 21 heavy (non-hydrogen) atoms. The second-order valence-electron chi connectivity index (χ2n) is 6.18. The number of aryl methyl sites for hydroxylation is 2. The lowest BCUT2D eigenvalue weighted by Crippen LogP contribution is -2.37. The second kappa shape index (κ2) is 5.98. The number of benzene rings is 1. The first-order chi connectivity index (χ1) is 10.1. The van der Waals surface area contributed by atoms with Gasteiger partial charge in [-0.2, -0.15) is 0 Å². The van der Waals surface area contributed by atoms with Crippen molar-refractivity contribution in [3.8, 4) is 0 Å². The lowest BCUT2D eigenvalue weighted by molar-refractivity contribution is 0.170. The van der Waals surface area contributed by atoms with Gasteiger partial charge in [0.1, 0.15) is 0 Å². The van der Waals surface area contributed by atoms with Crippen molar-refractivity contribution in [2.24, 2.45) is 0 Å². The summed E-state index contributed by atoms with van der Waals surface area (Å²) in [5.74, 6) is 0. The predicted molar refractivity (Wildman–Crippen MR) is 85.6 cm³/mol. The Morgan fingerprint density at radius 2 is 2.19 bits per heavy atom. The van der Waals surface area contributed by atoms with Gasteiger partial charge in [0, 0.05) is 12.6 Å². The summed E-state index contributed by atoms with van der Waals surface area (Å²) in [5.41, 5.74) is 1.98. The van der Waals surface area contributed by atoms with Crippen LogP contribution in [0, 0.1) is 6.92 Å². The van der Waals surface area contributed by atoms with Gasteiger partial charge in [-0.15, -0.1) is 0 Å². The van der Waals surface area contributed by atoms with Gasteiger partial charge in [0.25, 0.3) is 5.56 Å². The van der Waals surface area contributed by atoms with E-state index in [0.29, 0.717) is 6.04 Å². The van der Waals surface area contributed by atoms with E-state index in [2.05, 4.69) is 16.9 Å². The molecule has 1 aromatic heterocycles. The zero-order chi connectivity index (χ0) is 14.8. The van der Waals surface area contributed by atoms with Crippen LogP contribution in [-0.4, -0.2) is 34.1 Å². The largest absolute Gasteiger partial charge is 0.303 e. The molecule has 0 saturated carbocycles. The maximum absolute atomic E-state index is 12.5. The first-order valence-corrected chi connectivity index (χ1v) is 7.81. The lowest BCUT2D eigenvalue weighted by Gasteiger charge is -2.32. The van der Waals surface area contributed by atoms with Gasteiger partial charge in [-0.25, -0.2) is 4.98 Å². The first-order valence-electron chi connectivity index (χ1n) is 7.81. The van der Waals surface area contributed by atoms with Gasteiger partial charge in [0.15, 0.2) is 0 Å². The van der Waals surface area contributed by atoms with Gasteiger partial charge >= 0.3 is 0 Å². The molecule has 0 radical (unpaired) electrons. The SMILES string of the molecule is Cc1ccc2ncn(CCC3CCCCN3C)c(=O)c2c1. The van der Waals surface area contributed by atoms with Gasteiger partial charge in [-0.1, -0.05) is 18.1 Å². The van der Waals surface area contributed by atoms with Crippen LogP contribution in [-0.2, 0) is 6.54 Å². The third-order valence-corrected chi connectivity index (χ3v) is 4.60. The smallest absolute Gasteiger partial charge is 0.261 e. The summed E-state index contributed by atoms with van der Waals surface area (Å²) in [5, 5.41) is 0.731. The molecule has 0 N–H and O–H groups in total. The number of aromatic nitrogens is 2. The van der Waals surface area contributed by atoms with E-state index in [9.17, 15) is 4.79 Å². The van der Waals surface area contributed by atoms with E-state index < -0.39 is 0 Å². The molecule has 3 rings (SSSR count). The highest BCUT2D eigenvalue weighted by atomic mass is 16.1. The molecular formula is C17H23N3O. The zero-order valence-electron chi connectivity index (χ0n) is 12.9. The fourth-order valence-corrected chi connectivity index (χ4v) is 3.23. The summed E-state index contributed by atoms with van der Waals surface area (Å²) in [4.78, 5) is 19.4. The van der Waals surface area contributed by atoms with Crippen molar-refractivity contribution in [3.05, 3.63) is 40.4 Å². The van der Waals surface area contributed by atoms with Gasteiger partial charge in [0.05, 0.1) is 17.2 Å². The van der Waals surface area contributed by atoms with E-state index in [1.165, 1.54) is 25.8 Å². The Labute approximate surface area is 125 Å². The Hall–Kier alpha value is -1.68. The Balaban J connectivity index is 1.81. The fraction of sp³-hybridized carbons (Fsp3) is 0.529. The molecule has 2 heterocycles. The third-order valence-electron chi connectivity index (χ3n) is 4.60. The Morgan fingerprint density at radius 1 is 1.33 bits per heavy atom. The lowest BCUT2D eigenvalue weighted by atomic mass is 10.0. The van der Waals surface area contributed by atoms with Crippen LogP contribution in [0.3, 0.4) is 0 Å². The van der Waals surface area contributed by atoms with Crippen molar-refractivity contribution < 1.29 is 0 Å². The maximum Gasteiger partial charge on any atom is 0.261 e. The highest BCUT2D eigenvalue weighted by Gasteiger charge is 2.18. The van der Waals surface area contributed by atoms with Crippen LogP contribution in [0.25, 0.3) is 10.9 Å². The molecular weight excluding hydrogens is 262 g/mol. The summed E-state index contributed by atoms with van der Waals surface area (Å²) < 4.78 is 1.77. The highest BCUT2D eigenvalue weighted by molar-refractivity contribution is 5.77. The maximum atomic E-state index is 12.5. The molecule has 1 saturated heterocycles. The molecule has 4 nitrogen and oxygen atoms in total. The summed E-state index contributed by atoms with van der Waals surface area (Å²) in [7, 11) is 2.19. The quantitative estimate of drug-likeness (QED) is 0.870. The minimum atomic E-state index is 0.0853. The average Bonchev–Trinajstić information content (AvgIpc) is 2.49. The summed E-state index contributed by atoms with van der Waals surface area (Å²) in [6.07, 6.45) is 6.56. The van der Waals surface area contributed by atoms with E-state index in [1.54, 1.807) is 10.9 Å². The number of piperidine rings is 1. The van der Waals surface area contributed by atoms with E-state index in [1.807, 2.05) is 25.1 Å². The van der Waals surface area contributed by atoms with Crippen molar-refractivity contribution in [1.82, 2.24) is 14.5 Å². The molecule has 112 valence electrons. The Morgan fingerprint density at radius 3 is 3.00 bits per heavy atom.